The normalized spacial score (nSPS) is 17.8. The molecule has 0 unspecified atom stereocenters. The molecule has 2 aromatic heterocycles. The van der Waals surface area contributed by atoms with E-state index < -0.39 is 0 Å². The van der Waals surface area contributed by atoms with Crippen LogP contribution < -0.4 is 4.90 Å². The van der Waals surface area contributed by atoms with Crippen LogP contribution in [-0.2, 0) is 22.6 Å². The van der Waals surface area contributed by atoms with Gasteiger partial charge in [-0.05, 0) is 24.1 Å². The molecule has 4 heterocycles. The number of carbonyl (C=O) groups is 1. The summed E-state index contributed by atoms with van der Waals surface area (Å²) in [5, 5.41) is 16.9. The van der Waals surface area contributed by atoms with E-state index in [4.69, 9.17) is 9.84 Å². The third-order valence-electron chi connectivity index (χ3n) is 5.08. The van der Waals surface area contributed by atoms with Gasteiger partial charge in [0, 0.05) is 38.8 Å². The second-order valence-corrected chi connectivity index (χ2v) is 6.92. The highest BCUT2D eigenvalue weighted by atomic mass is 16.5. The standard InChI is InChI=1S/C18H24N6O3/c25-13-15-10-24(21-20-15)16-11-23(12-16)18(26)2-1-14-3-4-19-17(9-14)22-5-7-27-8-6-22/h3-4,9-10,16,25H,1-2,5-8,11-13H2. The second kappa shape index (κ2) is 8.01. The maximum atomic E-state index is 12.4. The SMILES string of the molecule is O=C(CCc1ccnc(N2CCOCC2)c1)N1CC(n2cc(CO)nn2)C1. The molecule has 1 amide bonds. The Kier molecular flexibility index (Phi) is 5.30. The van der Waals surface area contributed by atoms with Crippen molar-refractivity contribution < 1.29 is 14.6 Å². The fourth-order valence-electron chi connectivity index (χ4n) is 3.38. The lowest BCUT2D eigenvalue weighted by molar-refractivity contribution is -0.137. The van der Waals surface area contributed by atoms with Crippen LogP contribution in [0.3, 0.4) is 0 Å². The van der Waals surface area contributed by atoms with Crippen LogP contribution in [0, 0.1) is 0 Å². The Morgan fingerprint density at radius 2 is 2.11 bits per heavy atom. The number of amides is 1. The first-order chi connectivity index (χ1) is 13.2. The molecular formula is C18H24N6O3. The molecule has 1 N–H and O–H groups in total. The molecule has 0 aliphatic carbocycles. The number of nitrogens with zero attached hydrogens (tertiary/aromatic N) is 6. The summed E-state index contributed by atoms with van der Waals surface area (Å²) in [6, 6.07) is 4.20. The van der Waals surface area contributed by atoms with Gasteiger partial charge in [-0.1, -0.05) is 5.21 Å². The number of pyridine rings is 1. The van der Waals surface area contributed by atoms with Gasteiger partial charge in [0.2, 0.25) is 5.91 Å². The number of morpholine rings is 1. The molecule has 2 aliphatic rings. The lowest BCUT2D eigenvalue weighted by atomic mass is 10.1. The van der Waals surface area contributed by atoms with Crippen molar-refractivity contribution in [1.29, 1.82) is 0 Å². The van der Waals surface area contributed by atoms with Crippen molar-refractivity contribution >= 4 is 11.7 Å². The monoisotopic (exact) mass is 372 g/mol. The van der Waals surface area contributed by atoms with Crippen molar-refractivity contribution in [2.75, 3.05) is 44.3 Å². The van der Waals surface area contributed by atoms with Crippen molar-refractivity contribution in [2.45, 2.75) is 25.5 Å². The Bertz CT molecular complexity index is 783. The molecule has 2 aromatic rings. The molecule has 0 bridgehead atoms. The van der Waals surface area contributed by atoms with E-state index in [9.17, 15) is 4.79 Å². The Morgan fingerprint density at radius 1 is 1.30 bits per heavy atom. The third-order valence-corrected chi connectivity index (χ3v) is 5.08. The summed E-state index contributed by atoms with van der Waals surface area (Å²) in [5.41, 5.74) is 1.68. The molecular weight excluding hydrogens is 348 g/mol. The lowest BCUT2D eigenvalue weighted by Gasteiger charge is -2.39. The highest BCUT2D eigenvalue weighted by molar-refractivity contribution is 5.77. The zero-order chi connectivity index (χ0) is 18.6. The zero-order valence-electron chi connectivity index (χ0n) is 15.2. The Morgan fingerprint density at radius 3 is 2.85 bits per heavy atom. The molecule has 2 fully saturated rings. The maximum absolute atomic E-state index is 12.4. The van der Waals surface area contributed by atoms with E-state index >= 15 is 0 Å². The summed E-state index contributed by atoms with van der Waals surface area (Å²) in [4.78, 5) is 20.9. The largest absolute Gasteiger partial charge is 0.390 e. The van der Waals surface area contributed by atoms with E-state index in [2.05, 4.69) is 26.3 Å². The van der Waals surface area contributed by atoms with Gasteiger partial charge in [-0.15, -0.1) is 5.10 Å². The van der Waals surface area contributed by atoms with Crippen molar-refractivity contribution in [2.24, 2.45) is 0 Å². The number of aliphatic hydroxyl groups is 1. The Hall–Kier alpha value is -2.52. The van der Waals surface area contributed by atoms with Crippen molar-refractivity contribution in [3.05, 3.63) is 35.8 Å². The number of hydrogen-bond acceptors (Lipinski definition) is 7. The van der Waals surface area contributed by atoms with E-state index in [1.807, 2.05) is 17.2 Å². The van der Waals surface area contributed by atoms with Gasteiger partial charge >= 0.3 is 0 Å². The van der Waals surface area contributed by atoms with Crippen LogP contribution >= 0.6 is 0 Å². The highest BCUT2D eigenvalue weighted by Crippen LogP contribution is 2.22. The fraction of sp³-hybridized carbons (Fsp3) is 0.556. The summed E-state index contributed by atoms with van der Waals surface area (Å²) >= 11 is 0. The van der Waals surface area contributed by atoms with E-state index in [0.717, 1.165) is 37.7 Å². The number of aromatic nitrogens is 4. The number of hydrogen-bond donors (Lipinski definition) is 1. The smallest absolute Gasteiger partial charge is 0.223 e. The Labute approximate surface area is 157 Å². The number of ether oxygens (including phenoxy) is 1. The fourth-order valence-corrected chi connectivity index (χ4v) is 3.38. The van der Waals surface area contributed by atoms with E-state index in [0.29, 0.717) is 31.6 Å². The molecule has 9 nitrogen and oxygen atoms in total. The van der Waals surface area contributed by atoms with Gasteiger partial charge in [-0.2, -0.15) is 0 Å². The first-order valence-corrected chi connectivity index (χ1v) is 9.30. The number of aryl methyl sites for hydroxylation is 1. The summed E-state index contributed by atoms with van der Waals surface area (Å²) in [6.45, 7) is 4.33. The van der Waals surface area contributed by atoms with Crippen LogP contribution in [0.15, 0.2) is 24.5 Å². The first kappa shape index (κ1) is 17.9. The molecule has 9 heteroatoms. The van der Waals surface area contributed by atoms with Crippen LogP contribution in [0.1, 0.15) is 23.7 Å². The Balaban J connectivity index is 1.26. The third kappa shape index (κ3) is 4.09. The second-order valence-electron chi connectivity index (χ2n) is 6.92. The number of likely N-dealkylation sites (tertiary alicyclic amines) is 1. The minimum atomic E-state index is -0.117. The van der Waals surface area contributed by atoms with E-state index in [1.54, 1.807) is 10.9 Å². The zero-order valence-corrected chi connectivity index (χ0v) is 15.2. The molecule has 0 saturated carbocycles. The molecule has 27 heavy (non-hydrogen) atoms. The van der Waals surface area contributed by atoms with Gasteiger partial charge in [-0.3, -0.25) is 4.79 Å². The van der Waals surface area contributed by atoms with E-state index in [-0.39, 0.29) is 18.6 Å². The van der Waals surface area contributed by atoms with E-state index in [1.165, 1.54) is 0 Å². The summed E-state index contributed by atoms with van der Waals surface area (Å²) in [5.74, 6) is 1.11. The number of anilines is 1. The van der Waals surface area contributed by atoms with Crippen molar-refractivity contribution in [3.8, 4) is 0 Å². The molecule has 4 rings (SSSR count). The van der Waals surface area contributed by atoms with Gasteiger partial charge in [-0.25, -0.2) is 9.67 Å². The molecule has 0 spiro atoms. The van der Waals surface area contributed by atoms with Gasteiger partial charge in [0.05, 0.1) is 32.1 Å². The molecule has 144 valence electrons. The van der Waals surface area contributed by atoms with Crippen LogP contribution in [0.25, 0.3) is 0 Å². The van der Waals surface area contributed by atoms with Gasteiger partial charge in [0.1, 0.15) is 11.5 Å². The van der Waals surface area contributed by atoms with Gasteiger partial charge in [0.25, 0.3) is 0 Å². The van der Waals surface area contributed by atoms with Crippen molar-refractivity contribution in [1.82, 2.24) is 24.9 Å². The molecule has 0 radical (unpaired) electrons. The number of carbonyl (C=O) groups excluding carboxylic acids is 1. The first-order valence-electron chi connectivity index (χ1n) is 9.30. The van der Waals surface area contributed by atoms with Crippen LogP contribution in [0.4, 0.5) is 5.82 Å². The average molecular weight is 372 g/mol. The predicted molar refractivity (Wildman–Crippen MR) is 97.2 cm³/mol. The quantitative estimate of drug-likeness (QED) is 0.763. The molecule has 2 saturated heterocycles. The number of aliphatic hydroxyl groups excluding tert-OH is 1. The average Bonchev–Trinajstić information content (AvgIpc) is 3.15. The summed E-state index contributed by atoms with van der Waals surface area (Å²) in [6.07, 6.45) is 4.74. The molecule has 2 aliphatic heterocycles. The van der Waals surface area contributed by atoms with Crippen molar-refractivity contribution in [3.63, 3.8) is 0 Å². The highest BCUT2D eigenvalue weighted by Gasteiger charge is 2.32. The topological polar surface area (TPSA) is 96.6 Å². The summed E-state index contributed by atoms with van der Waals surface area (Å²) < 4.78 is 7.11. The minimum absolute atomic E-state index is 0.117. The minimum Gasteiger partial charge on any atom is -0.390 e. The lowest BCUT2D eigenvalue weighted by Crippen LogP contribution is -2.51. The van der Waals surface area contributed by atoms with Crippen LogP contribution in [0.5, 0.6) is 0 Å². The van der Waals surface area contributed by atoms with Gasteiger partial charge in [0.15, 0.2) is 0 Å². The predicted octanol–water partition coefficient (Wildman–Crippen LogP) is 0.0181. The van der Waals surface area contributed by atoms with Crippen LogP contribution in [-0.4, -0.2) is 75.3 Å². The van der Waals surface area contributed by atoms with Crippen LogP contribution in [0.2, 0.25) is 0 Å². The summed E-state index contributed by atoms with van der Waals surface area (Å²) in [7, 11) is 0. The van der Waals surface area contributed by atoms with Gasteiger partial charge < -0.3 is 19.6 Å². The number of rotatable bonds is 6. The molecule has 0 aromatic carbocycles. The maximum Gasteiger partial charge on any atom is 0.223 e. The molecule has 0 atom stereocenters.